The maximum Gasteiger partial charge on any atom is 0.151 e. The van der Waals surface area contributed by atoms with E-state index < -0.39 is 0 Å². The molecule has 0 unspecified atom stereocenters. The van der Waals surface area contributed by atoms with Gasteiger partial charge in [-0.1, -0.05) is 35.0 Å². The van der Waals surface area contributed by atoms with Crippen LogP contribution in [0.1, 0.15) is 17.7 Å². The van der Waals surface area contributed by atoms with Crippen molar-refractivity contribution < 1.29 is 9.26 Å². The first kappa shape index (κ1) is 21.4. The maximum absolute atomic E-state index is 5.49. The Labute approximate surface area is 184 Å². The van der Waals surface area contributed by atoms with Crippen LogP contribution in [-0.2, 0) is 6.54 Å². The zero-order chi connectivity index (χ0) is 21.5. The zero-order valence-electron chi connectivity index (χ0n) is 18.5. The lowest BCUT2D eigenvalue weighted by Crippen LogP contribution is -2.46. The highest BCUT2D eigenvalue weighted by Gasteiger charge is 2.16. The Morgan fingerprint density at radius 2 is 1.81 bits per heavy atom. The molecule has 1 aliphatic heterocycles. The number of nitrogens with zero attached hydrogens (tertiary/aromatic N) is 3. The van der Waals surface area contributed by atoms with Gasteiger partial charge in [0.05, 0.1) is 13.7 Å². The van der Waals surface area contributed by atoms with Gasteiger partial charge in [-0.3, -0.25) is 4.90 Å². The van der Waals surface area contributed by atoms with Gasteiger partial charge in [0.15, 0.2) is 5.76 Å². The molecule has 0 spiro atoms. The molecule has 6 heteroatoms. The van der Waals surface area contributed by atoms with Crippen molar-refractivity contribution in [1.29, 1.82) is 0 Å². The average molecular weight is 421 g/mol. The Bertz CT molecular complexity index is 946. The van der Waals surface area contributed by atoms with E-state index in [2.05, 4.69) is 51.5 Å². The Morgan fingerprint density at radius 1 is 1.03 bits per heavy atom. The van der Waals surface area contributed by atoms with E-state index in [1.807, 2.05) is 30.3 Å². The molecule has 4 rings (SSSR count). The molecule has 1 aromatic heterocycles. The first-order valence-corrected chi connectivity index (χ1v) is 11.1. The standard InChI is InChI=1S/C25H32N4O2/c1-20-8-10-21(11-9-20)29-16-14-28(15-17-29)13-5-12-26-19-22-18-24(27-31-22)23-6-3-4-7-25(23)30-2/h3-4,6-11,18,26H,5,12-17,19H2,1-2H3. The second-order valence-corrected chi connectivity index (χ2v) is 8.07. The summed E-state index contributed by atoms with van der Waals surface area (Å²) in [5.41, 5.74) is 4.41. The molecule has 0 radical (unpaired) electrons. The molecular formula is C25H32N4O2. The summed E-state index contributed by atoms with van der Waals surface area (Å²) < 4.78 is 10.9. The van der Waals surface area contributed by atoms with Crippen molar-refractivity contribution >= 4 is 5.69 Å². The molecule has 1 fully saturated rings. The minimum atomic E-state index is 0.684. The van der Waals surface area contributed by atoms with Gasteiger partial charge >= 0.3 is 0 Å². The van der Waals surface area contributed by atoms with E-state index in [1.54, 1.807) is 7.11 Å². The third kappa shape index (κ3) is 5.66. The fourth-order valence-corrected chi connectivity index (χ4v) is 4.00. The monoisotopic (exact) mass is 420 g/mol. The highest BCUT2D eigenvalue weighted by Crippen LogP contribution is 2.28. The van der Waals surface area contributed by atoms with Crippen molar-refractivity contribution in [2.24, 2.45) is 0 Å². The molecule has 164 valence electrons. The number of hydrogen-bond acceptors (Lipinski definition) is 6. The molecule has 0 aliphatic carbocycles. The van der Waals surface area contributed by atoms with Gasteiger partial charge in [-0.25, -0.2) is 0 Å². The molecule has 0 saturated carbocycles. The van der Waals surface area contributed by atoms with Gasteiger partial charge in [0.2, 0.25) is 0 Å². The molecule has 1 N–H and O–H groups in total. The predicted octanol–water partition coefficient (Wildman–Crippen LogP) is 3.96. The molecular weight excluding hydrogens is 388 g/mol. The lowest BCUT2D eigenvalue weighted by molar-refractivity contribution is 0.253. The minimum absolute atomic E-state index is 0.684. The molecule has 1 saturated heterocycles. The van der Waals surface area contributed by atoms with E-state index in [0.29, 0.717) is 6.54 Å². The Balaban J connectivity index is 1.15. The van der Waals surface area contributed by atoms with Crippen molar-refractivity contribution in [1.82, 2.24) is 15.4 Å². The third-order valence-corrected chi connectivity index (χ3v) is 5.84. The van der Waals surface area contributed by atoms with Gasteiger partial charge in [0.25, 0.3) is 0 Å². The van der Waals surface area contributed by atoms with Crippen LogP contribution in [-0.4, -0.2) is 56.4 Å². The molecule has 1 aliphatic rings. The lowest BCUT2D eigenvalue weighted by Gasteiger charge is -2.36. The van der Waals surface area contributed by atoms with Gasteiger partial charge in [-0.2, -0.15) is 0 Å². The van der Waals surface area contributed by atoms with E-state index in [0.717, 1.165) is 68.5 Å². The number of aromatic nitrogens is 1. The molecule has 31 heavy (non-hydrogen) atoms. The number of benzene rings is 2. The van der Waals surface area contributed by atoms with Crippen molar-refractivity contribution in [2.45, 2.75) is 19.9 Å². The van der Waals surface area contributed by atoms with Crippen molar-refractivity contribution in [3.63, 3.8) is 0 Å². The van der Waals surface area contributed by atoms with Crippen LogP contribution in [0, 0.1) is 6.92 Å². The van der Waals surface area contributed by atoms with Gasteiger partial charge in [-0.15, -0.1) is 0 Å². The normalized spacial score (nSPS) is 14.7. The number of hydrogen-bond donors (Lipinski definition) is 1. The smallest absolute Gasteiger partial charge is 0.151 e. The highest BCUT2D eigenvalue weighted by molar-refractivity contribution is 5.66. The van der Waals surface area contributed by atoms with E-state index >= 15 is 0 Å². The van der Waals surface area contributed by atoms with Crippen LogP contribution in [0.2, 0.25) is 0 Å². The number of rotatable bonds is 9. The summed E-state index contributed by atoms with van der Waals surface area (Å²) in [6.07, 6.45) is 1.12. The third-order valence-electron chi connectivity index (χ3n) is 5.84. The first-order chi connectivity index (χ1) is 15.2. The van der Waals surface area contributed by atoms with Gasteiger partial charge in [0, 0.05) is 43.5 Å². The van der Waals surface area contributed by atoms with E-state index in [9.17, 15) is 0 Å². The predicted molar refractivity (Wildman–Crippen MR) is 125 cm³/mol. The molecule has 0 atom stereocenters. The largest absolute Gasteiger partial charge is 0.496 e. The topological polar surface area (TPSA) is 53.8 Å². The zero-order valence-corrected chi connectivity index (χ0v) is 18.5. The van der Waals surface area contributed by atoms with Crippen LogP contribution < -0.4 is 15.0 Å². The fraction of sp³-hybridized carbons (Fsp3) is 0.400. The fourth-order valence-electron chi connectivity index (χ4n) is 4.00. The van der Waals surface area contributed by atoms with E-state index in [-0.39, 0.29) is 0 Å². The molecule has 2 aromatic carbocycles. The minimum Gasteiger partial charge on any atom is -0.496 e. The van der Waals surface area contributed by atoms with Crippen LogP contribution in [0.15, 0.2) is 59.1 Å². The SMILES string of the molecule is COc1ccccc1-c1cc(CNCCCN2CCN(c3ccc(C)cc3)CC2)on1. The molecule has 0 amide bonds. The maximum atomic E-state index is 5.49. The van der Waals surface area contributed by atoms with E-state index in [4.69, 9.17) is 9.26 Å². The number of methoxy groups -OCH3 is 1. The van der Waals surface area contributed by atoms with Gasteiger partial charge in [-0.05, 0) is 50.7 Å². The number of para-hydroxylation sites is 1. The quantitative estimate of drug-likeness (QED) is 0.529. The molecule has 2 heterocycles. The summed E-state index contributed by atoms with van der Waals surface area (Å²) in [6.45, 7) is 9.35. The lowest BCUT2D eigenvalue weighted by atomic mass is 10.1. The second-order valence-electron chi connectivity index (χ2n) is 8.07. The molecule has 0 bridgehead atoms. The van der Waals surface area contributed by atoms with Crippen molar-refractivity contribution in [3.8, 4) is 17.0 Å². The summed E-state index contributed by atoms with van der Waals surface area (Å²) in [5, 5.41) is 7.67. The number of nitrogens with one attached hydrogen (secondary N) is 1. The summed E-state index contributed by atoms with van der Waals surface area (Å²) in [6, 6.07) is 18.7. The summed E-state index contributed by atoms with van der Waals surface area (Å²) in [5.74, 6) is 1.64. The van der Waals surface area contributed by atoms with Crippen LogP contribution in [0.5, 0.6) is 5.75 Å². The van der Waals surface area contributed by atoms with Crippen LogP contribution in [0.4, 0.5) is 5.69 Å². The Morgan fingerprint density at radius 3 is 2.58 bits per heavy atom. The van der Waals surface area contributed by atoms with Gasteiger partial charge < -0.3 is 19.5 Å². The number of piperazine rings is 1. The van der Waals surface area contributed by atoms with Crippen molar-refractivity contribution in [2.75, 3.05) is 51.3 Å². The molecule has 6 nitrogen and oxygen atoms in total. The summed E-state index contributed by atoms with van der Waals surface area (Å²) in [7, 11) is 1.67. The summed E-state index contributed by atoms with van der Waals surface area (Å²) in [4.78, 5) is 5.04. The van der Waals surface area contributed by atoms with E-state index in [1.165, 1.54) is 11.3 Å². The average Bonchev–Trinajstić information content (AvgIpc) is 3.28. The Hall–Kier alpha value is -2.83. The van der Waals surface area contributed by atoms with Crippen LogP contribution in [0.3, 0.4) is 0 Å². The van der Waals surface area contributed by atoms with Gasteiger partial charge in [0.1, 0.15) is 11.4 Å². The highest BCUT2D eigenvalue weighted by atomic mass is 16.5. The number of aryl methyl sites for hydroxylation is 1. The van der Waals surface area contributed by atoms with Crippen molar-refractivity contribution in [3.05, 3.63) is 65.9 Å². The number of ether oxygens (including phenoxy) is 1. The van der Waals surface area contributed by atoms with Crippen LogP contribution >= 0.6 is 0 Å². The summed E-state index contributed by atoms with van der Waals surface area (Å²) >= 11 is 0. The molecule has 3 aromatic rings. The first-order valence-electron chi connectivity index (χ1n) is 11.1. The Kier molecular flexibility index (Phi) is 7.22. The number of anilines is 1. The second kappa shape index (κ2) is 10.5. The van der Waals surface area contributed by atoms with Crippen LogP contribution in [0.25, 0.3) is 11.3 Å².